The van der Waals surface area contributed by atoms with Crippen LogP contribution in [0.15, 0.2) is 47.4 Å². The van der Waals surface area contributed by atoms with Gasteiger partial charge in [0.1, 0.15) is 0 Å². The van der Waals surface area contributed by atoms with E-state index in [9.17, 15) is 18.0 Å². The van der Waals surface area contributed by atoms with Gasteiger partial charge in [-0.3, -0.25) is 9.59 Å². The number of aryl methyl sites for hydroxylation is 1. The van der Waals surface area contributed by atoms with E-state index in [4.69, 9.17) is 0 Å². The smallest absolute Gasteiger partial charge is 0.243 e. The SMILES string of the molecule is CC1Cc2ccccc2N1C(=O)CN(C)S(=O)(=O)c1ccc2c(c1)CCC(=O)N2. The van der Waals surface area contributed by atoms with Crippen molar-refractivity contribution >= 4 is 33.2 Å². The Morgan fingerprint density at radius 2 is 1.93 bits per heavy atom. The monoisotopic (exact) mass is 413 g/mol. The van der Waals surface area contributed by atoms with E-state index >= 15 is 0 Å². The van der Waals surface area contributed by atoms with Crippen LogP contribution in [0.1, 0.15) is 24.5 Å². The lowest BCUT2D eigenvalue weighted by atomic mass is 10.0. The molecule has 2 aliphatic heterocycles. The average Bonchev–Trinajstić information content (AvgIpc) is 3.03. The zero-order valence-electron chi connectivity index (χ0n) is 16.4. The number of hydrogen-bond donors (Lipinski definition) is 1. The van der Waals surface area contributed by atoms with Crippen molar-refractivity contribution in [2.75, 3.05) is 23.8 Å². The molecule has 2 heterocycles. The first kappa shape index (κ1) is 19.6. The van der Waals surface area contributed by atoms with Crippen molar-refractivity contribution in [1.82, 2.24) is 4.31 Å². The molecule has 1 unspecified atom stereocenters. The van der Waals surface area contributed by atoms with Crippen LogP contribution < -0.4 is 10.2 Å². The summed E-state index contributed by atoms with van der Waals surface area (Å²) < 4.78 is 27.1. The zero-order valence-corrected chi connectivity index (χ0v) is 17.2. The lowest BCUT2D eigenvalue weighted by Gasteiger charge is -2.26. The summed E-state index contributed by atoms with van der Waals surface area (Å²) in [4.78, 5) is 26.3. The first-order valence-corrected chi connectivity index (χ1v) is 11.0. The summed E-state index contributed by atoms with van der Waals surface area (Å²) in [5, 5.41) is 2.74. The summed E-state index contributed by atoms with van der Waals surface area (Å²) in [6.45, 7) is 1.72. The number of nitrogens with one attached hydrogen (secondary N) is 1. The Kier molecular flexibility index (Phi) is 4.92. The summed E-state index contributed by atoms with van der Waals surface area (Å²) in [5.74, 6) is -0.324. The van der Waals surface area contributed by atoms with E-state index < -0.39 is 10.0 Å². The third-order valence-corrected chi connectivity index (χ3v) is 7.31. The fourth-order valence-electron chi connectivity index (χ4n) is 4.00. The minimum absolute atomic E-state index is 0.0108. The van der Waals surface area contributed by atoms with Crippen molar-refractivity contribution in [2.24, 2.45) is 0 Å². The highest BCUT2D eigenvalue weighted by Gasteiger charge is 2.33. The Hall–Kier alpha value is -2.71. The van der Waals surface area contributed by atoms with E-state index in [1.165, 1.54) is 13.1 Å². The fraction of sp³-hybridized carbons (Fsp3) is 0.333. The molecule has 2 aromatic rings. The lowest BCUT2D eigenvalue weighted by Crippen LogP contribution is -2.43. The molecule has 7 nitrogen and oxygen atoms in total. The van der Waals surface area contributed by atoms with E-state index in [2.05, 4.69) is 5.32 Å². The molecule has 0 bridgehead atoms. The van der Waals surface area contributed by atoms with Crippen molar-refractivity contribution < 1.29 is 18.0 Å². The minimum Gasteiger partial charge on any atom is -0.326 e. The Morgan fingerprint density at radius 3 is 2.72 bits per heavy atom. The minimum atomic E-state index is -3.83. The second kappa shape index (κ2) is 7.27. The summed E-state index contributed by atoms with van der Waals surface area (Å²) in [7, 11) is -2.41. The highest BCUT2D eigenvalue weighted by atomic mass is 32.2. The molecule has 2 aliphatic rings. The van der Waals surface area contributed by atoms with E-state index in [0.29, 0.717) is 18.5 Å². The van der Waals surface area contributed by atoms with Crippen molar-refractivity contribution in [3.63, 3.8) is 0 Å². The molecule has 0 aliphatic carbocycles. The Morgan fingerprint density at radius 1 is 1.17 bits per heavy atom. The van der Waals surface area contributed by atoms with Gasteiger partial charge in [0, 0.05) is 30.9 Å². The van der Waals surface area contributed by atoms with E-state index in [1.807, 2.05) is 31.2 Å². The van der Waals surface area contributed by atoms with Crippen LogP contribution in [0, 0.1) is 0 Å². The Balaban J connectivity index is 1.54. The maximum atomic E-state index is 13.0. The molecule has 29 heavy (non-hydrogen) atoms. The topological polar surface area (TPSA) is 86.8 Å². The van der Waals surface area contributed by atoms with Crippen LogP contribution in [0.3, 0.4) is 0 Å². The van der Waals surface area contributed by atoms with Crippen LogP contribution in [-0.2, 0) is 32.5 Å². The van der Waals surface area contributed by atoms with Crippen LogP contribution in [0.5, 0.6) is 0 Å². The van der Waals surface area contributed by atoms with Gasteiger partial charge in [-0.2, -0.15) is 4.31 Å². The second-order valence-corrected chi connectivity index (χ2v) is 9.62. The maximum absolute atomic E-state index is 13.0. The van der Waals surface area contributed by atoms with Crippen LogP contribution >= 0.6 is 0 Å². The Bertz CT molecular complexity index is 1100. The number of rotatable bonds is 4. The lowest BCUT2D eigenvalue weighted by molar-refractivity contribution is -0.119. The number of hydrogen-bond acceptors (Lipinski definition) is 4. The van der Waals surface area contributed by atoms with Gasteiger partial charge < -0.3 is 10.2 Å². The number of sulfonamides is 1. The number of nitrogens with zero attached hydrogens (tertiary/aromatic N) is 2. The number of para-hydroxylation sites is 1. The van der Waals surface area contributed by atoms with Crippen molar-refractivity contribution in [3.05, 3.63) is 53.6 Å². The van der Waals surface area contributed by atoms with Crippen LogP contribution in [0.25, 0.3) is 0 Å². The van der Waals surface area contributed by atoms with Gasteiger partial charge >= 0.3 is 0 Å². The largest absolute Gasteiger partial charge is 0.326 e. The molecule has 0 aromatic heterocycles. The number of anilines is 2. The number of carbonyl (C=O) groups excluding carboxylic acids is 2. The van der Waals surface area contributed by atoms with E-state index in [-0.39, 0.29) is 29.3 Å². The van der Waals surface area contributed by atoms with Gasteiger partial charge in [0.05, 0.1) is 11.4 Å². The third kappa shape index (κ3) is 3.54. The number of carbonyl (C=O) groups is 2. The van der Waals surface area contributed by atoms with E-state index in [1.54, 1.807) is 17.0 Å². The molecule has 2 aromatic carbocycles. The summed E-state index contributed by atoms with van der Waals surface area (Å²) in [6.07, 6.45) is 1.58. The molecule has 0 saturated heterocycles. The summed E-state index contributed by atoms with van der Waals surface area (Å²) in [5.41, 5.74) is 3.37. The predicted octanol–water partition coefficient (Wildman–Crippen LogP) is 2.17. The third-order valence-electron chi connectivity index (χ3n) is 5.51. The molecular formula is C21H23N3O4S. The first-order chi connectivity index (χ1) is 13.8. The molecule has 0 radical (unpaired) electrons. The molecule has 0 spiro atoms. The van der Waals surface area contributed by atoms with Gasteiger partial charge in [-0.25, -0.2) is 8.42 Å². The quantitative estimate of drug-likeness (QED) is 0.832. The van der Waals surface area contributed by atoms with Gasteiger partial charge in [0.25, 0.3) is 0 Å². The molecule has 1 N–H and O–H groups in total. The maximum Gasteiger partial charge on any atom is 0.243 e. The number of benzene rings is 2. The van der Waals surface area contributed by atoms with Gasteiger partial charge in [0.15, 0.2) is 0 Å². The molecular weight excluding hydrogens is 390 g/mol. The standard InChI is InChI=1S/C21H23N3O4S/c1-14-11-16-5-3-4-6-19(16)24(14)21(26)13-23(2)29(27,28)17-8-9-18-15(12-17)7-10-20(25)22-18/h3-6,8-9,12,14H,7,10-11,13H2,1-2H3,(H,22,25). The van der Waals surface area contributed by atoms with Gasteiger partial charge in [-0.1, -0.05) is 18.2 Å². The van der Waals surface area contributed by atoms with Crippen molar-refractivity contribution in [3.8, 4) is 0 Å². The highest BCUT2D eigenvalue weighted by Crippen LogP contribution is 2.32. The van der Waals surface area contributed by atoms with Crippen LogP contribution in [-0.4, -0.2) is 44.2 Å². The van der Waals surface area contributed by atoms with Gasteiger partial charge in [0.2, 0.25) is 21.8 Å². The van der Waals surface area contributed by atoms with E-state index in [0.717, 1.165) is 27.5 Å². The number of fused-ring (bicyclic) bond motifs is 2. The molecule has 152 valence electrons. The molecule has 2 amide bonds. The highest BCUT2D eigenvalue weighted by molar-refractivity contribution is 7.89. The number of amides is 2. The Labute approximate surface area is 170 Å². The molecule has 0 saturated carbocycles. The second-order valence-electron chi connectivity index (χ2n) is 7.57. The van der Waals surface area contributed by atoms with Gasteiger partial charge in [-0.05, 0) is 55.2 Å². The predicted molar refractivity (Wildman–Crippen MR) is 110 cm³/mol. The number of likely N-dealkylation sites (N-methyl/N-ethyl adjacent to an activating group) is 1. The van der Waals surface area contributed by atoms with Crippen LogP contribution in [0.4, 0.5) is 11.4 Å². The van der Waals surface area contributed by atoms with Crippen molar-refractivity contribution in [2.45, 2.75) is 37.1 Å². The first-order valence-electron chi connectivity index (χ1n) is 9.56. The molecule has 1 atom stereocenters. The molecule has 8 heteroatoms. The van der Waals surface area contributed by atoms with Gasteiger partial charge in [-0.15, -0.1) is 0 Å². The zero-order chi connectivity index (χ0) is 20.8. The average molecular weight is 413 g/mol. The van der Waals surface area contributed by atoms with Crippen LogP contribution in [0.2, 0.25) is 0 Å². The normalized spacial score (nSPS) is 18.4. The fourth-order valence-corrected chi connectivity index (χ4v) is 5.17. The van der Waals surface area contributed by atoms with Crippen molar-refractivity contribution in [1.29, 1.82) is 0 Å². The molecule has 0 fully saturated rings. The summed E-state index contributed by atoms with van der Waals surface area (Å²) in [6, 6.07) is 12.3. The summed E-state index contributed by atoms with van der Waals surface area (Å²) >= 11 is 0. The molecule has 4 rings (SSSR count).